The van der Waals surface area contributed by atoms with Crippen molar-refractivity contribution in [3.8, 4) is 0 Å². The highest BCUT2D eigenvalue weighted by molar-refractivity contribution is 7.75. The SMILES string of the molecule is CCCCCCCCCC[P+](CCCCC)(CCCCC)CCCCCCCCCC.[I-]. The summed E-state index contributed by atoms with van der Waals surface area (Å²) in [6.07, 6.45) is 39.1. The highest BCUT2D eigenvalue weighted by atomic mass is 127. The maximum atomic E-state index is 2.38. The first-order chi connectivity index (χ1) is 15.2. The zero-order valence-electron chi connectivity index (χ0n) is 23.2. The van der Waals surface area contributed by atoms with E-state index in [1.807, 2.05) is 0 Å². The summed E-state index contributed by atoms with van der Waals surface area (Å²) in [7, 11) is -0.688. The molecule has 0 aliphatic carbocycles. The summed E-state index contributed by atoms with van der Waals surface area (Å²) in [6, 6.07) is 0. The molecule has 196 valence electrons. The molecule has 0 saturated carbocycles. The molecular weight excluding hydrogens is 518 g/mol. The molecule has 0 atom stereocenters. The quantitative estimate of drug-likeness (QED) is 0.0544. The Labute approximate surface area is 224 Å². The molecule has 0 saturated heterocycles. The van der Waals surface area contributed by atoms with Crippen molar-refractivity contribution in [1.29, 1.82) is 0 Å². The van der Waals surface area contributed by atoms with Crippen molar-refractivity contribution in [3.63, 3.8) is 0 Å². The van der Waals surface area contributed by atoms with E-state index in [9.17, 15) is 0 Å². The third-order valence-electron chi connectivity index (χ3n) is 7.44. The summed E-state index contributed by atoms with van der Waals surface area (Å²) in [5, 5.41) is 0. The first-order valence-electron chi connectivity index (χ1n) is 15.1. The average molecular weight is 583 g/mol. The first-order valence-corrected chi connectivity index (χ1v) is 17.6. The fraction of sp³-hybridized carbons (Fsp3) is 1.00. The van der Waals surface area contributed by atoms with Crippen LogP contribution >= 0.6 is 7.26 Å². The second-order valence-corrected chi connectivity index (χ2v) is 15.1. The Morgan fingerprint density at radius 2 is 0.469 bits per heavy atom. The standard InChI is InChI=1S/C30H64P.HI/c1-5-9-13-15-17-19-21-25-29-31(27-23-11-7-3,28-24-12-8-4)30-26-22-20-18-16-14-10-6-2;/h5-30H2,1-4H3;1H/q+1;/p-1. The van der Waals surface area contributed by atoms with Crippen LogP contribution in [0.2, 0.25) is 0 Å². The molecule has 0 aromatic carbocycles. The van der Waals surface area contributed by atoms with E-state index in [1.165, 1.54) is 128 Å². The molecule has 0 aliphatic rings. The van der Waals surface area contributed by atoms with Crippen LogP contribution in [0.1, 0.15) is 169 Å². The van der Waals surface area contributed by atoms with Crippen molar-refractivity contribution in [2.24, 2.45) is 0 Å². The smallest absolute Gasteiger partial charge is 0.0594 e. The molecule has 0 aromatic rings. The van der Waals surface area contributed by atoms with E-state index in [0.717, 1.165) is 0 Å². The third-order valence-corrected chi connectivity index (χ3v) is 12.5. The predicted octanol–water partition coefficient (Wildman–Crippen LogP) is 8.67. The Hall–Kier alpha value is 1.16. The fourth-order valence-electron chi connectivity index (χ4n) is 5.23. The van der Waals surface area contributed by atoms with Crippen LogP contribution in [0, 0.1) is 0 Å². The van der Waals surface area contributed by atoms with Gasteiger partial charge in [-0.05, 0) is 38.5 Å². The molecule has 0 bridgehead atoms. The van der Waals surface area contributed by atoms with Crippen LogP contribution < -0.4 is 24.0 Å². The first kappa shape index (κ1) is 35.3. The molecule has 0 aromatic heterocycles. The molecule has 0 heterocycles. The van der Waals surface area contributed by atoms with Crippen LogP contribution in [0.15, 0.2) is 0 Å². The van der Waals surface area contributed by atoms with Crippen LogP contribution in [-0.2, 0) is 0 Å². The molecule has 0 aliphatic heterocycles. The molecule has 0 rings (SSSR count). The number of hydrogen-bond donors (Lipinski definition) is 0. The number of halogens is 1. The van der Waals surface area contributed by atoms with E-state index in [-0.39, 0.29) is 24.0 Å². The summed E-state index contributed by atoms with van der Waals surface area (Å²) in [5.41, 5.74) is 0. The summed E-state index contributed by atoms with van der Waals surface area (Å²) >= 11 is 0. The number of unbranched alkanes of at least 4 members (excludes halogenated alkanes) is 18. The average Bonchev–Trinajstić information content (AvgIpc) is 2.77. The van der Waals surface area contributed by atoms with Crippen molar-refractivity contribution in [2.75, 3.05) is 24.6 Å². The lowest BCUT2D eigenvalue weighted by molar-refractivity contribution is -0.00000712. The van der Waals surface area contributed by atoms with Crippen molar-refractivity contribution in [2.45, 2.75) is 169 Å². The molecular formula is C30H64IP. The van der Waals surface area contributed by atoms with Crippen molar-refractivity contribution in [1.82, 2.24) is 0 Å². The minimum absolute atomic E-state index is 0. The van der Waals surface area contributed by atoms with Crippen LogP contribution in [0.3, 0.4) is 0 Å². The predicted molar refractivity (Wildman–Crippen MR) is 151 cm³/mol. The van der Waals surface area contributed by atoms with E-state index >= 15 is 0 Å². The van der Waals surface area contributed by atoms with E-state index in [2.05, 4.69) is 27.7 Å². The molecule has 0 unspecified atom stereocenters. The normalized spacial score (nSPS) is 11.6. The van der Waals surface area contributed by atoms with Crippen molar-refractivity contribution in [3.05, 3.63) is 0 Å². The van der Waals surface area contributed by atoms with Crippen molar-refractivity contribution >= 4 is 7.26 Å². The Morgan fingerprint density at radius 3 is 0.750 bits per heavy atom. The zero-order valence-corrected chi connectivity index (χ0v) is 26.3. The van der Waals surface area contributed by atoms with Crippen LogP contribution in [0.5, 0.6) is 0 Å². The van der Waals surface area contributed by atoms with Crippen molar-refractivity contribution < 1.29 is 24.0 Å². The lowest BCUT2D eigenvalue weighted by Crippen LogP contribution is -3.00. The molecule has 0 spiro atoms. The highest BCUT2D eigenvalue weighted by Crippen LogP contribution is 2.61. The second-order valence-electron chi connectivity index (χ2n) is 10.6. The molecule has 0 nitrogen and oxygen atoms in total. The zero-order chi connectivity index (χ0) is 22.9. The molecule has 2 heteroatoms. The summed E-state index contributed by atoms with van der Waals surface area (Å²) < 4.78 is 0. The number of rotatable bonds is 26. The van der Waals surface area contributed by atoms with Gasteiger partial charge in [0.1, 0.15) is 0 Å². The van der Waals surface area contributed by atoms with Gasteiger partial charge in [0.05, 0.1) is 24.6 Å². The third kappa shape index (κ3) is 22.9. The van der Waals surface area contributed by atoms with E-state index < -0.39 is 7.26 Å². The largest absolute Gasteiger partial charge is 1.00 e. The summed E-state index contributed by atoms with van der Waals surface area (Å²) in [5.74, 6) is 0. The van der Waals surface area contributed by atoms with E-state index in [0.29, 0.717) is 0 Å². The van der Waals surface area contributed by atoms with Gasteiger partial charge in [0.15, 0.2) is 0 Å². The molecule has 0 amide bonds. The maximum absolute atomic E-state index is 2.38. The van der Waals surface area contributed by atoms with Gasteiger partial charge in [0.2, 0.25) is 0 Å². The molecule has 0 fully saturated rings. The molecule has 0 N–H and O–H groups in total. The van der Waals surface area contributed by atoms with E-state index in [1.54, 1.807) is 37.5 Å². The Kier molecular flexibility index (Phi) is 31.3. The fourth-order valence-corrected chi connectivity index (χ4v) is 10.1. The van der Waals surface area contributed by atoms with Gasteiger partial charge in [0, 0.05) is 7.26 Å². The topological polar surface area (TPSA) is 0 Å². The lowest BCUT2D eigenvalue weighted by Gasteiger charge is -2.28. The van der Waals surface area contributed by atoms with Gasteiger partial charge in [-0.2, -0.15) is 0 Å². The lowest BCUT2D eigenvalue weighted by atomic mass is 10.1. The van der Waals surface area contributed by atoms with Gasteiger partial charge in [-0.25, -0.2) is 0 Å². The monoisotopic (exact) mass is 582 g/mol. The minimum atomic E-state index is -0.688. The maximum Gasteiger partial charge on any atom is 0.0594 e. The van der Waals surface area contributed by atoms with E-state index in [4.69, 9.17) is 0 Å². The van der Waals surface area contributed by atoms with Crippen LogP contribution in [0.4, 0.5) is 0 Å². The number of hydrogen-bond acceptors (Lipinski definition) is 0. The van der Waals surface area contributed by atoms with Gasteiger partial charge in [0.25, 0.3) is 0 Å². The highest BCUT2D eigenvalue weighted by Gasteiger charge is 2.34. The van der Waals surface area contributed by atoms with Gasteiger partial charge in [-0.15, -0.1) is 0 Å². The molecule has 32 heavy (non-hydrogen) atoms. The van der Waals surface area contributed by atoms with Crippen LogP contribution in [-0.4, -0.2) is 24.6 Å². The summed E-state index contributed by atoms with van der Waals surface area (Å²) in [4.78, 5) is 0. The Morgan fingerprint density at radius 1 is 0.281 bits per heavy atom. The summed E-state index contributed by atoms with van der Waals surface area (Å²) in [6.45, 7) is 9.42. The van der Waals surface area contributed by atoms with Gasteiger partial charge in [-0.3, -0.25) is 0 Å². The Balaban J connectivity index is 0. The second kappa shape index (κ2) is 28.4. The van der Waals surface area contributed by atoms with Gasteiger partial charge >= 0.3 is 0 Å². The van der Waals surface area contributed by atoms with Gasteiger partial charge in [-0.1, -0.05) is 130 Å². The van der Waals surface area contributed by atoms with Crippen LogP contribution in [0.25, 0.3) is 0 Å². The molecule has 0 radical (unpaired) electrons. The van der Waals surface area contributed by atoms with Gasteiger partial charge < -0.3 is 24.0 Å². The Bertz CT molecular complexity index is 299. The minimum Gasteiger partial charge on any atom is -1.00 e.